The van der Waals surface area contributed by atoms with Crippen molar-refractivity contribution in [2.45, 2.75) is 23.6 Å². The van der Waals surface area contributed by atoms with Crippen LogP contribution in [0.4, 0.5) is 0 Å². The molecule has 0 aliphatic carbocycles. The summed E-state index contributed by atoms with van der Waals surface area (Å²) < 4.78 is 70.5. The van der Waals surface area contributed by atoms with E-state index in [9.17, 15) is 16.8 Å². The molecule has 2 aromatic carbocycles. The van der Waals surface area contributed by atoms with E-state index < -0.39 is 20.0 Å². The number of nitrogens with zero attached hydrogens (tertiary/aromatic N) is 1. The maximum absolute atomic E-state index is 12.6. The molecule has 1 N–H and O–H groups in total. The third-order valence-electron chi connectivity index (χ3n) is 5.08. The van der Waals surface area contributed by atoms with E-state index in [-0.39, 0.29) is 22.9 Å². The topological polar surface area (TPSA) is 111 Å². The second-order valence-electron chi connectivity index (χ2n) is 7.32. The van der Waals surface area contributed by atoms with Gasteiger partial charge in [0.25, 0.3) is 0 Å². The lowest BCUT2D eigenvalue weighted by molar-refractivity contribution is 0.0730. The number of rotatable bonds is 9. The molecule has 9 nitrogen and oxygen atoms in total. The van der Waals surface area contributed by atoms with Gasteiger partial charge in [0.1, 0.15) is 18.1 Å². The van der Waals surface area contributed by atoms with Crippen molar-refractivity contribution in [2.75, 3.05) is 46.6 Å². The molecule has 0 saturated carbocycles. The number of sulfonamides is 2. The molecule has 3 rings (SSSR count). The molecule has 1 saturated heterocycles. The van der Waals surface area contributed by atoms with E-state index in [0.29, 0.717) is 43.4 Å². The summed E-state index contributed by atoms with van der Waals surface area (Å²) in [4.78, 5) is 0.367. The van der Waals surface area contributed by atoms with Crippen LogP contribution in [-0.4, -0.2) is 67.7 Å². The van der Waals surface area contributed by atoms with Gasteiger partial charge < -0.3 is 14.2 Å². The minimum atomic E-state index is -3.71. The van der Waals surface area contributed by atoms with Crippen LogP contribution in [0.5, 0.6) is 11.5 Å². The molecule has 176 valence electrons. The van der Waals surface area contributed by atoms with Crippen LogP contribution in [0.25, 0.3) is 0 Å². The van der Waals surface area contributed by atoms with Crippen LogP contribution in [0.3, 0.4) is 0 Å². The number of hydrogen-bond acceptors (Lipinski definition) is 7. The highest BCUT2D eigenvalue weighted by Crippen LogP contribution is 2.25. The predicted octanol–water partition coefficient (Wildman–Crippen LogP) is 1.69. The van der Waals surface area contributed by atoms with Crippen molar-refractivity contribution in [3.8, 4) is 11.5 Å². The van der Waals surface area contributed by atoms with Crippen molar-refractivity contribution < 1.29 is 31.0 Å². The van der Waals surface area contributed by atoms with Gasteiger partial charge >= 0.3 is 0 Å². The summed E-state index contributed by atoms with van der Waals surface area (Å²) in [6.07, 6.45) is 0. The van der Waals surface area contributed by atoms with Crippen LogP contribution >= 0.6 is 0 Å². The van der Waals surface area contributed by atoms with Gasteiger partial charge in [-0.3, -0.25) is 0 Å². The van der Waals surface area contributed by atoms with Gasteiger partial charge in [0, 0.05) is 19.6 Å². The number of hydrogen-bond donors (Lipinski definition) is 1. The fourth-order valence-corrected chi connectivity index (χ4v) is 6.07. The van der Waals surface area contributed by atoms with Crippen molar-refractivity contribution >= 4 is 20.0 Å². The van der Waals surface area contributed by atoms with Crippen molar-refractivity contribution in [3.05, 3.63) is 47.5 Å². The van der Waals surface area contributed by atoms with Crippen LogP contribution in [-0.2, 0) is 24.8 Å². The number of ether oxygens (including phenoxy) is 3. The lowest BCUT2D eigenvalue weighted by Crippen LogP contribution is -2.40. The fraction of sp³-hybridized carbons (Fsp3) is 0.429. The third kappa shape index (κ3) is 5.59. The Labute approximate surface area is 189 Å². The van der Waals surface area contributed by atoms with Crippen molar-refractivity contribution in [2.24, 2.45) is 0 Å². The summed E-state index contributed by atoms with van der Waals surface area (Å²) in [6.45, 7) is 5.05. The van der Waals surface area contributed by atoms with Gasteiger partial charge in [-0.1, -0.05) is 0 Å². The molecule has 0 atom stereocenters. The third-order valence-corrected chi connectivity index (χ3v) is 8.59. The number of benzene rings is 2. The van der Waals surface area contributed by atoms with E-state index in [4.69, 9.17) is 14.2 Å². The van der Waals surface area contributed by atoms with Gasteiger partial charge in [0.2, 0.25) is 20.0 Å². The number of nitrogens with one attached hydrogen (secondary N) is 1. The van der Waals surface area contributed by atoms with Crippen LogP contribution in [0.15, 0.2) is 46.2 Å². The molecule has 0 spiro atoms. The second kappa shape index (κ2) is 10.2. The molecular weight excluding hydrogens is 456 g/mol. The van der Waals surface area contributed by atoms with Gasteiger partial charge in [-0.15, -0.1) is 0 Å². The smallest absolute Gasteiger partial charge is 0.243 e. The number of morpholine rings is 1. The molecule has 11 heteroatoms. The predicted molar refractivity (Wildman–Crippen MR) is 119 cm³/mol. The molecule has 0 bridgehead atoms. The van der Waals surface area contributed by atoms with E-state index in [1.54, 1.807) is 38.1 Å². The van der Waals surface area contributed by atoms with Crippen LogP contribution < -0.4 is 14.2 Å². The Morgan fingerprint density at radius 1 is 1.00 bits per heavy atom. The Morgan fingerprint density at radius 3 is 2.28 bits per heavy atom. The summed E-state index contributed by atoms with van der Waals surface area (Å²) in [5, 5.41) is 0. The molecule has 0 unspecified atom stereocenters. The van der Waals surface area contributed by atoms with E-state index in [1.165, 1.54) is 23.5 Å². The quantitative estimate of drug-likeness (QED) is 0.539. The van der Waals surface area contributed by atoms with E-state index in [0.717, 1.165) is 5.56 Å². The van der Waals surface area contributed by atoms with E-state index >= 15 is 0 Å². The number of aryl methyl sites for hydroxylation is 2. The van der Waals surface area contributed by atoms with Gasteiger partial charge in [-0.05, 0) is 61.4 Å². The minimum absolute atomic E-state index is 0.0562. The molecule has 1 aliphatic rings. The summed E-state index contributed by atoms with van der Waals surface area (Å²) >= 11 is 0. The lowest BCUT2D eigenvalue weighted by Gasteiger charge is -2.26. The average Bonchev–Trinajstić information content (AvgIpc) is 2.79. The zero-order chi connectivity index (χ0) is 23.4. The van der Waals surface area contributed by atoms with Gasteiger partial charge in [-0.2, -0.15) is 4.31 Å². The summed E-state index contributed by atoms with van der Waals surface area (Å²) in [5.41, 5.74) is 1.31. The largest absolute Gasteiger partial charge is 0.496 e. The lowest BCUT2D eigenvalue weighted by atomic mass is 10.1. The molecule has 0 radical (unpaired) electrons. The molecule has 1 aliphatic heterocycles. The Morgan fingerprint density at radius 2 is 1.66 bits per heavy atom. The zero-order valence-corrected chi connectivity index (χ0v) is 20.0. The summed E-state index contributed by atoms with van der Waals surface area (Å²) in [6, 6.07) is 9.33. The van der Waals surface area contributed by atoms with Crippen molar-refractivity contribution in [3.63, 3.8) is 0 Å². The molecule has 0 aromatic heterocycles. The first-order valence-electron chi connectivity index (χ1n) is 10.1. The molecule has 0 amide bonds. The molecule has 1 fully saturated rings. The van der Waals surface area contributed by atoms with Gasteiger partial charge in [-0.25, -0.2) is 21.6 Å². The molecular formula is C21H28N2O7S2. The molecule has 32 heavy (non-hydrogen) atoms. The average molecular weight is 485 g/mol. The summed E-state index contributed by atoms with van der Waals surface area (Å²) in [5.74, 6) is 1.07. The highest BCUT2D eigenvalue weighted by Gasteiger charge is 2.26. The second-order valence-corrected chi connectivity index (χ2v) is 11.0. The highest BCUT2D eigenvalue weighted by molar-refractivity contribution is 7.89. The standard InChI is InChI=1S/C21H28N2O7S2/c1-16-15-21(17(2)14-20(16)28-3)31(24,25)22-8-11-30-18-4-6-19(7-5-18)32(26,27)23-9-12-29-13-10-23/h4-7,14-15,22H,8-13H2,1-3H3. The van der Waals surface area contributed by atoms with Crippen LogP contribution in [0, 0.1) is 13.8 Å². The maximum Gasteiger partial charge on any atom is 0.243 e. The maximum atomic E-state index is 12.6. The monoisotopic (exact) mass is 484 g/mol. The zero-order valence-electron chi connectivity index (χ0n) is 18.3. The van der Waals surface area contributed by atoms with Gasteiger partial charge in [0.15, 0.2) is 0 Å². The Balaban J connectivity index is 1.56. The van der Waals surface area contributed by atoms with Crippen LogP contribution in [0.1, 0.15) is 11.1 Å². The van der Waals surface area contributed by atoms with Crippen LogP contribution in [0.2, 0.25) is 0 Å². The first-order chi connectivity index (χ1) is 15.1. The Kier molecular flexibility index (Phi) is 7.78. The SMILES string of the molecule is COc1cc(C)c(S(=O)(=O)NCCOc2ccc(S(=O)(=O)N3CCOCC3)cc2)cc1C. The fourth-order valence-electron chi connectivity index (χ4n) is 3.34. The summed E-state index contributed by atoms with van der Waals surface area (Å²) in [7, 11) is -5.74. The Bertz CT molecular complexity index is 1140. The number of methoxy groups -OCH3 is 1. The normalized spacial score (nSPS) is 15.5. The highest BCUT2D eigenvalue weighted by atomic mass is 32.2. The van der Waals surface area contributed by atoms with Crippen molar-refractivity contribution in [1.82, 2.24) is 9.03 Å². The molecule has 1 heterocycles. The molecule has 2 aromatic rings. The first kappa shape index (κ1) is 24.5. The first-order valence-corrected chi connectivity index (χ1v) is 13.0. The Hall–Kier alpha value is -2.18. The van der Waals surface area contributed by atoms with Gasteiger partial charge in [0.05, 0.1) is 30.1 Å². The minimum Gasteiger partial charge on any atom is -0.496 e. The van der Waals surface area contributed by atoms with E-state index in [2.05, 4.69) is 4.72 Å². The van der Waals surface area contributed by atoms with E-state index in [1.807, 2.05) is 0 Å². The van der Waals surface area contributed by atoms with Crippen molar-refractivity contribution in [1.29, 1.82) is 0 Å².